The first-order valence-corrected chi connectivity index (χ1v) is 7.76. The van der Waals surface area contributed by atoms with Gasteiger partial charge < -0.3 is 5.73 Å². The van der Waals surface area contributed by atoms with Gasteiger partial charge in [0, 0.05) is 0 Å². The van der Waals surface area contributed by atoms with Crippen molar-refractivity contribution in [3.8, 4) is 6.07 Å². The molecule has 0 saturated carbocycles. The molecule has 14 heteroatoms. The standard InChI is InChI=1S/C12H4Cl2F6N4OS/c13-4-1-3(11(15,16)17)9(26-25)7(14)8(4)24-10(22)6(12(18,19)20)5(2-21)23-24/h1,7H,22H2. The number of hydrogen-bond donors (Lipinski definition) is 1. The molecule has 0 aromatic carbocycles. The van der Waals surface area contributed by atoms with Crippen LogP contribution < -0.4 is 5.73 Å². The molecular formula is C12H4Cl2F6N4OS. The average Bonchev–Trinajstić information content (AvgIpc) is 2.82. The molecule has 0 aliphatic heterocycles. The Morgan fingerprint density at radius 1 is 1.27 bits per heavy atom. The van der Waals surface area contributed by atoms with E-state index in [1.165, 1.54) is 6.07 Å². The highest BCUT2D eigenvalue weighted by atomic mass is 35.5. The van der Waals surface area contributed by atoms with E-state index < -0.39 is 67.2 Å². The first-order chi connectivity index (χ1) is 11.8. The van der Waals surface area contributed by atoms with E-state index in [2.05, 4.69) is 5.10 Å². The van der Waals surface area contributed by atoms with Crippen molar-refractivity contribution in [1.29, 1.82) is 5.26 Å². The Morgan fingerprint density at radius 3 is 2.23 bits per heavy atom. The molecule has 0 saturated heterocycles. The summed E-state index contributed by atoms with van der Waals surface area (Å²) in [5, 5.41) is 9.52. The Kier molecular flexibility index (Phi) is 5.19. The van der Waals surface area contributed by atoms with Crippen LogP contribution >= 0.6 is 23.2 Å². The summed E-state index contributed by atoms with van der Waals surface area (Å²) in [6, 6.07) is 1.18. The molecule has 1 unspecified atom stereocenters. The number of anilines is 1. The zero-order chi connectivity index (χ0) is 20.0. The SMILES string of the molecule is N#Cc1nn(C2=C(Cl)C=C(C(F)(F)F)C(=S=O)C2Cl)c(N)c1C(F)(F)F. The number of allylic oxidation sites excluding steroid dienone is 4. The summed E-state index contributed by atoms with van der Waals surface area (Å²) in [5.41, 5.74) is 0.604. The molecular weight excluding hydrogens is 433 g/mol. The Labute approximate surface area is 154 Å². The van der Waals surface area contributed by atoms with Crippen LogP contribution in [0.4, 0.5) is 32.2 Å². The number of aromatic nitrogens is 2. The van der Waals surface area contributed by atoms with Gasteiger partial charge in [0.1, 0.15) is 22.8 Å². The second kappa shape index (κ2) is 6.64. The summed E-state index contributed by atoms with van der Waals surface area (Å²) in [5.74, 6) is -1.10. The lowest BCUT2D eigenvalue weighted by Gasteiger charge is -2.24. The van der Waals surface area contributed by atoms with Crippen molar-refractivity contribution in [2.75, 3.05) is 5.73 Å². The summed E-state index contributed by atoms with van der Waals surface area (Å²) in [6.45, 7) is 0. The van der Waals surface area contributed by atoms with Gasteiger partial charge in [-0.1, -0.05) is 11.6 Å². The van der Waals surface area contributed by atoms with Crippen LogP contribution in [0.3, 0.4) is 0 Å². The minimum absolute atomic E-state index is 0.307. The van der Waals surface area contributed by atoms with E-state index in [1.54, 1.807) is 0 Å². The van der Waals surface area contributed by atoms with E-state index in [9.17, 15) is 30.6 Å². The van der Waals surface area contributed by atoms with Crippen molar-refractivity contribution in [1.82, 2.24) is 9.78 Å². The van der Waals surface area contributed by atoms with E-state index >= 15 is 0 Å². The third kappa shape index (κ3) is 3.34. The molecule has 1 atom stereocenters. The molecule has 0 radical (unpaired) electrons. The van der Waals surface area contributed by atoms with Crippen LogP contribution in [0.15, 0.2) is 16.7 Å². The van der Waals surface area contributed by atoms with Crippen LogP contribution in [0.25, 0.3) is 5.70 Å². The van der Waals surface area contributed by atoms with Crippen molar-refractivity contribution in [2.24, 2.45) is 0 Å². The summed E-state index contributed by atoms with van der Waals surface area (Å²) in [6.07, 6.45) is -9.71. The molecule has 5 nitrogen and oxygen atoms in total. The van der Waals surface area contributed by atoms with E-state index in [0.29, 0.717) is 10.8 Å². The number of nitrogens with zero attached hydrogens (tertiary/aromatic N) is 3. The summed E-state index contributed by atoms with van der Waals surface area (Å²) in [7, 11) is 0. The molecule has 0 fully saturated rings. The molecule has 0 bridgehead atoms. The number of nitriles is 1. The quantitative estimate of drug-likeness (QED) is 0.416. The monoisotopic (exact) mass is 436 g/mol. The lowest BCUT2D eigenvalue weighted by atomic mass is 10.0. The largest absolute Gasteiger partial charge is 0.422 e. The second-order valence-corrected chi connectivity index (χ2v) is 6.18. The number of nitrogens with two attached hydrogens (primary N) is 1. The maximum atomic E-state index is 13.0. The smallest absolute Gasteiger partial charge is 0.383 e. The van der Waals surface area contributed by atoms with Gasteiger partial charge in [0.15, 0.2) is 5.69 Å². The number of rotatable bonds is 1. The van der Waals surface area contributed by atoms with Gasteiger partial charge in [0.2, 0.25) is 0 Å². The minimum atomic E-state index is -5.07. The molecule has 2 N–H and O–H groups in total. The van der Waals surface area contributed by atoms with Gasteiger partial charge in [-0.05, 0) is 6.08 Å². The Balaban J connectivity index is 2.81. The predicted octanol–water partition coefficient (Wildman–Crippen LogP) is 3.26. The highest BCUT2D eigenvalue weighted by Crippen LogP contribution is 2.42. The van der Waals surface area contributed by atoms with Crippen LogP contribution in [0.2, 0.25) is 0 Å². The minimum Gasteiger partial charge on any atom is -0.383 e. The van der Waals surface area contributed by atoms with Gasteiger partial charge in [-0.15, -0.1) is 11.6 Å². The van der Waals surface area contributed by atoms with E-state index in [1.807, 2.05) is 0 Å². The highest BCUT2D eigenvalue weighted by molar-refractivity contribution is 7.67. The maximum Gasteiger partial charge on any atom is 0.422 e. The van der Waals surface area contributed by atoms with Crippen LogP contribution in [-0.2, 0) is 17.4 Å². The van der Waals surface area contributed by atoms with Gasteiger partial charge in [0.05, 0.1) is 32.4 Å². The number of nitrogen functional groups attached to an aromatic ring is 1. The van der Waals surface area contributed by atoms with E-state index in [-0.39, 0.29) is 0 Å². The van der Waals surface area contributed by atoms with E-state index in [0.717, 1.165) is 0 Å². The van der Waals surface area contributed by atoms with Gasteiger partial charge in [-0.2, -0.15) is 36.7 Å². The van der Waals surface area contributed by atoms with E-state index in [4.69, 9.17) is 34.2 Å². The fourth-order valence-corrected chi connectivity index (χ4v) is 3.39. The highest BCUT2D eigenvalue weighted by Gasteiger charge is 2.45. The fraction of sp³-hybridized carbons (Fsp3) is 0.250. The summed E-state index contributed by atoms with van der Waals surface area (Å²) >= 11 is 11.0. The number of alkyl halides is 7. The van der Waals surface area contributed by atoms with Crippen molar-refractivity contribution < 1.29 is 30.6 Å². The first-order valence-electron chi connectivity index (χ1n) is 6.20. The van der Waals surface area contributed by atoms with Crippen LogP contribution in [0.1, 0.15) is 11.3 Å². The molecule has 140 valence electrons. The third-order valence-corrected chi connectivity index (χ3v) is 4.68. The fourth-order valence-electron chi connectivity index (χ4n) is 2.14. The Bertz CT molecular complexity index is 933. The normalized spacial score (nSPS) is 18.7. The van der Waals surface area contributed by atoms with Gasteiger partial charge in [0.25, 0.3) is 0 Å². The van der Waals surface area contributed by atoms with Crippen molar-refractivity contribution in [2.45, 2.75) is 17.7 Å². The van der Waals surface area contributed by atoms with Crippen LogP contribution in [-0.4, -0.2) is 30.4 Å². The topological polar surface area (TPSA) is 84.7 Å². The van der Waals surface area contributed by atoms with Gasteiger partial charge >= 0.3 is 12.4 Å². The lowest BCUT2D eigenvalue weighted by molar-refractivity contribution is -0.137. The van der Waals surface area contributed by atoms with Crippen molar-refractivity contribution in [3.05, 3.63) is 27.9 Å². The van der Waals surface area contributed by atoms with Gasteiger partial charge in [-0.3, -0.25) is 0 Å². The molecule has 1 heterocycles. The molecule has 1 aliphatic carbocycles. The Hall–Kier alpha value is -1.97. The summed E-state index contributed by atoms with van der Waals surface area (Å²) < 4.78 is 89.5. The zero-order valence-corrected chi connectivity index (χ0v) is 14.2. The predicted molar refractivity (Wildman–Crippen MR) is 82.4 cm³/mol. The first kappa shape index (κ1) is 20.3. The molecule has 0 amide bonds. The third-order valence-electron chi connectivity index (χ3n) is 3.19. The molecule has 0 spiro atoms. The summed E-state index contributed by atoms with van der Waals surface area (Å²) in [4.78, 5) is -0.944. The molecule has 1 aromatic heterocycles. The average molecular weight is 437 g/mol. The van der Waals surface area contributed by atoms with Crippen molar-refractivity contribution >= 4 is 50.8 Å². The van der Waals surface area contributed by atoms with Crippen LogP contribution in [0, 0.1) is 11.3 Å². The van der Waals surface area contributed by atoms with Crippen LogP contribution in [0.5, 0.6) is 0 Å². The Morgan fingerprint density at radius 2 is 1.85 bits per heavy atom. The van der Waals surface area contributed by atoms with Crippen molar-refractivity contribution in [3.63, 3.8) is 0 Å². The number of halogens is 8. The molecule has 1 aromatic rings. The zero-order valence-electron chi connectivity index (χ0n) is 11.9. The lowest BCUT2D eigenvalue weighted by Crippen LogP contribution is -2.32. The maximum absolute atomic E-state index is 13.0. The molecule has 1 aliphatic rings. The molecule has 26 heavy (non-hydrogen) atoms. The second-order valence-electron chi connectivity index (χ2n) is 4.73. The van der Waals surface area contributed by atoms with Gasteiger partial charge in [-0.25, -0.2) is 8.89 Å². The molecule has 2 rings (SSSR count). The number of hydrogen-bond acceptors (Lipinski definition) is 4.